The Morgan fingerprint density at radius 1 is 1.50 bits per heavy atom. The molecule has 0 bridgehead atoms. The Labute approximate surface area is 153 Å². The Balaban J connectivity index is 1.79. The summed E-state index contributed by atoms with van der Waals surface area (Å²) in [4.78, 5) is 7.54. The van der Waals surface area contributed by atoms with Gasteiger partial charge in [0, 0.05) is 19.3 Å². The maximum atomic E-state index is 12.5. The highest BCUT2D eigenvalue weighted by Crippen LogP contribution is 2.32. The van der Waals surface area contributed by atoms with Gasteiger partial charge in [-0.25, -0.2) is 13.4 Å². The van der Waals surface area contributed by atoms with Gasteiger partial charge < -0.3 is 15.4 Å². The van der Waals surface area contributed by atoms with Crippen molar-refractivity contribution >= 4 is 27.4 Å². The Hall–Kier alpha value is -1.75. The van der Waals surface area contributed by atoms with E-state index in [1.54, 1.807) is 0 Å². The van der Waals surface area contributed by atoms with Gasteiger partial charge in [-0.3, -0.25) is 4.99 Å². The molecule has 1 aliphatic heterocycles. The molecule has 1 saturated heterocycles. The number of nitrogens with one attached hydrogen (secondary N) is 2. The monoisotopic (exact) mass is 414 g/mol. The summed E-state index contributed by atoms with van der Waals surface area (Å²) >= 11 is 5.74. The zero-order chi connectivity index (χ0) is 19.4. The molecule has 0 radical (unpaired) electrons. The zero-order valence-electron chi connectivity index (χ0n) is 13.8. The highest BCUT2D eigenvalue weighted by molar-refractivity contribution is 7.91. The molecule has 26 heavy (non-hydrogen) atoms. The van der Waals surface area contributed by atoms with Crippen molar-refractivity contribution in [3.8, 4) is 5.88 Å². The second kappa shape index (κ2) is 8.30. The molecule has 2 rings (SSSR count). The molecule has 1 aromatic rings. The number of hydrogen-bond donors (Lipinski definition) is 2. The summed E-state index contributed by atoms with van der Waals surface area (Å²) in [5.41, 5.74) is -0.955. The predicted octanol–water partition coefficient (Wildman–Crippen LogP) is 1.48. The largest absolute Gasteiger partial charge is 0.475 e. The fraction of sp³-hybridized carbons (Fsp3) is 0.571. The topological polar surface area (TPSA) is 92.7 Å². The van der Waals surface area contributed by atoms with E-state index in [2.05, 4.69) is 20.6 Å². The number of alkyl halides is 3. The van der Waals surface area contributed by atoms with Crippen LogP contribution in [0.5, 0.6) is 5.88 Å². The number of hydrogen-bond acceptors (Lipinski definition) is 5. The highest BCUT2D eigenvalue weighted by Gasteiger charge is 2.32. The van der Waals surface area contributed by atoms with E-state index >= 15 is 0 Å². The van der Waals surface area contributed by atoms with Crippen molar-refractivity contribution in [3.63, 3.8) is 0 Å². The molecule has 146 valence electrons. The van der Waals surface area contributed by atoms with Crippen LogP contribution >= 0.6 is 11.6 Å². The van der Waals surface area contributed by atoms with E-state index in [0.717, 1.165) is 6.07 Å². The van der Waals surface area contributed by atoms with Crippen LogP contribution in [0.15, 0.2) is 17.3 Å². The molecule has 2 N–H and O–H groups in total. The predicted molar refractivity (Wildman–Crippen MR) is 91.3 cm³/mol. The molecule has 2 heterocycles. The lowest BCUT2D eigenvalue weighted by Gasteiger charge is -2.16. The van der Waals surface area contributed by atoms with Crippen molar-refractivity contribution in [3.05, 3.63) is 22.8 Å². The molecule has 1 aromatic heterocycles. The van der Waals surface area contributed by atoms with E-state index in [1.807, 2.05) is 0 Å². The fourth-order valence-corrected chi connectivity index (χ4v) is 4.19. The fourth-order valence-electron chi connectivity index (χ4n) is 2.30. The number of rotatable bonds is 5. The minimum atomic E-state index is -4.53. The molecule has 1 atom stereocenters. The molecular formula is C14H18ClF3N4O3S. The van der Waals surface area contributed by atoms with E-state index < -0.39 is 21.6 Å². The van der Waals surface area contributed by atoms with Crippen LogP contribution in [-0.4, -0.2) is 57.1 Å². The Kier molecular flexibility index (Phi) is 6.56. The summed E-state index contributed by atoms with van der Waals surface area (Å²) in [6.45, 7) is 0.333. The molecule has 12 heteroatoms. The van der Waals surface area contributed by atoms with Crippen molar-refractivity contribution in [2.45, 2.75) is 18.6 Å². The van der Waals surface area contributed by atoms with Crippen LogP contribution in [0.2, 0.25) is 5.02 Å². The van der Waals surface area contributed by atoms with Gasteiger partial charge in [0.15, 0.2) is 15.8 Å². The lowest BCUT2D eigenvalue weighted by molar-refractivity contribution is -0.137. The Bertz CT molecular complexity index is 771. The van der Waals surface area contributed by atoms with Crippen LogP contribution in [0.1, 0.15) is 12.0 Å². The quantitative estimate of drug-likeness (QED) is 0.431. The summed E-state index contributed by atoms with van der Waals surface area (Å²) in [6.07, 6.45) is -3.37. The number of pyridine rings is 1. The van der Waals surface area contributed by atoms with Gasteiger partial charge in [-0.1, -0.05) is 11.6 Å². The SMILES string of the molecule is CN=C(NCCOc1ncc(C(F)(F)F)cc1Cl)NC1CCS(=O)(=O)C1. The third-order valence-corrected chi connectivity index (χ3v) is 5.60. The molecule has 1 fully saturated rings. The Morgan fingerprint density at radius 2 is 2.23 bits per heavy atom. The number of ether oxygens (including phenoxy) is 1. The van der Waals surface area contributed by atoms with Gasteiger partial charge in [-0.15, -0.1) is 0 Å². The van der Waals surface area contributed by atoms with E-state index in [1.165, 1.54) is 7.05 Å². The van der Waals surface area contributed by atoms with Crippen LogP contribution < -0.4 is 15.4 Å². The maximum Gasteiger partial charge on any atom is 0.417 e. The average molecular weight is 415 g/mol. The summed E-state index contributed by atoms with van der Waals surface area (Å²) in [5, 5.41) is 5.67. The van der Waals surface area contributed by atoms with E-state index in [-0.39, 0.29) is 41.6 Å². The van der Waals surface area contributed by atoms with Gasteiger partial charge in [-0.05, 0) is 12.5 Å². The van der Waals surface area contributed by atoms with Crippen molar-refractivity contribution in [1.29, 1.82) is 0 Å². The maximum absolute atomic E-state index is 12.5. The molecule has 0 aliphatic carbocycles. The van der Waals surface area contributed by atoms with E-state index in [0.29, 0.717) is 18.6 Å². The number of aliphatic imine (C=N–C) groups is 1. The van der Waals surface area contributed by atoms with Gasteiger partial charge in [0.05, 0.1) is 23.6 Å². The summed E-state index contributed by atoms with van der Waals surface area (Å²) in [5.74, 6) is 0.492. The van der Waals surface area contributed by atoms with Crippen LogP contribution in [-0.2, 0) is 16.0 Å². The average Bonchev–Trinajstić information content (AvgIpc) is 2.89. The molecular weight excluding hydrogens is 397 g/mol. The van der Waals surface area contributed by atoms with Gasteiger partial charge in [0.25, 0.3) is 0 Å². The van der Waals surface area contributed by atoms with Crippen LogP contribution in [0.25, 0.3) is 0 Å². The first-order valence-corrected chi connectivity index (χ1v) is 9.84. The van der Waals surface area contributed by atoms with Crippen LogP contribution in [0.3, 0.4) is 0 Å². The van der Waals surface area contributed by atoms with Crippen molar-refractivity contribution in [2.75, 3.05) is 31.7 Å². The van der Waals surface area contributed by atoms with Gasteiger partial charge in [0.1, 0.15) is 11.6 Å². The normalized spacial score (nSPS) is 20.0. The summed E-state index contributed by atoms with van der Waals surface area (Å²) in [6, 6.07) is 0.538. The van der Waals surface area contributed by atoms with Crippen LogP contribution in [0.4, 0.5) is 13.2 Å². The van der Waals surface area contributed by atoms with E-state index in [4.69, 9.17) is 16.3 Å². The summed E-state index contributed by atoms with van der Waals surface area (Å²) in [7, 11) is -1.47. The Morgan fingerprint density at radius 3 is 2.77 bits per heavy atom. The molecule has 7 nitrogen and oxygen atoms in total. The second-order valence-electron chi connectivity index (χ2n) is 5.60. The third-order valence-electron chi connectivity index (χ3n) is 3.56. The van der Waals surface area contributed by atoms with Crippen LogP contribution in [0, 0.1) is 0 Å². The van der Waals surface area contributed by atoms with E-state index in [9.17, 15) is 21.6 Å². The summed E-state index contributed by atoms with van der Waals surface area (Å²) < 4.78 is 65.7. The first kappa shape index (κ1) is 20.6. The third kappa shape index (κ3) is 5.90. The molecule has 0 amide bonds. The zero-order valence-corrected chi connectivity index (χ0v) is 15.4. The smallest absolute Gasteiger partial charge is 0.417 e. The first-order chi connectivity index (χ1) is 12.1. The minimum absolute atomic E-state index is 0.0509. The minimum Gasteiger partial charge on any atom is -0.475 e. The van der Waals surface area contributed by atoms with Gasteiger partial charge in [-0.2, -0.15) is 13.2 Å². The molecule has 0 saturated carbocycles. The van der Waals surface area contributed by atoms with Gasteiger partial charge in [0.2, 0.25) is 5.88 Å². The number of aromatic nitrogens is 1. The molecule has 1 unspecified atom stereocenters. The first-order valence-electron chi connectivity index (χ1n) is 7.64. The lowest BCUT2D eigenvalue weighted by atomic mass is 10.3. The number of guanidine groups is 1. The molecule has 1 aliphatic rings. The number of halogens is 4. The molecule has 0 spiro atoms. The van der Waals surface area contributed by atoms with Crippen molar-refractivity contribution in [1.82, 2.24) is 15.6 Å². The standard InChI is InChI=1S/C14H18ClF3N4O3S/c1-19-13(22-10-2-5-26(23,24)8-10)20-3-4-25-12-11(15)6-9(7-21-12)14(16,17)18/h6-7,10H,2-5,8H2,1H3,(H2,19,20,22). The number of nitrogens with zero attached hydrogens (tertiary/aromatic N) is 2. The molecule has 0 aromatic carbocycles. The van der Waals surface area contributed by atoms with Crippen molar-refractivity contribution in [2.24, 2.45) is 4.99 Å². The lowest BCUT2D eigenvalue weighted by Crippen LogP contribution is -2.45. The highest BCUT2D eigenvalue weighted by atomic mass is 35.5. The van der Waals surface area contributed by atoms with Gasteiger partial charge >= 0.3 is 6.18 Å². The van der Waals surface area contributed by atoms with Crippen molar-refractivity contribution < 1.29 is 26.3 Å². The second-order valence-corrected chi connectivity index (χ2v) is 8.24. The number of sulfone groups is 1.